The Kier molecular flexibility index (Phi) is 5.97. The maximum Gasteiger partial charge on any atom is 0.338 e. The second kappa shape index (κ2) is 7.97. The van der Waals surface area contributed by atoms with E-state index < -0.39 is 11.4 Å². The van der Waals surface area contributed by atoms with Gasteiger partial charge in [0.05, 0.1) is 5.56 Å². The van der Waals surface area contributed by atoms with E-state index in [-0.39, 0.29) is 12.4 Å². The third-order valence-corrected chi connectivity index (χ3v) is 3.99. The lowest BCUT2D eigenvalue weighted by atomic mass is 9.91. The van der Waals surface area contributed by atoms with Crippen LogP contribution >= 0.6 is 0 Å². The quantitative estimate of drug-likeness (QED) is 0.794. The minimum Gasteiger partial charge on any atom is -0.454 e. The van der Waals surface area contributed by atoms with Crippen LogP contribution in [0.1, 0.15) is 42.3 Å². The van der Waals surface area contributed by atoms with E-state index in [0.29, 0.717) is 12.1 Å². The van der Waals surface area contributed by atoms with Crippen LogP contribution in [0, 0.1) is 12.3 Å². The Bertz CT molecular complexity index is 742. The summed E-state index contributed by atoms with van der Waals surface area (Å²) in [6.07, 6.45) is 0. The molecular weight excluding hydrogens is 314 g/mol. The molecule has 0 saturated heterocycles. The van der Waals surface area contributed by atoms with Crippen LogP contribution in [-0.4, -0.2) is 18.4 Å². The van der Waals surface area contributed by atoms with Gasteiger partial charge in [0.1, 0.15) is 0 Å². The van der Waals surface area contributed by atoms with Crippen molar-refractivity contribution in [2.45, 2.75) is 34.2 Å². The summed E-state index contributed by atoms with van der Waals surface area (Å²) in [4.78, 5) is 23.8. The van der Waals surface area contributed by atoms with Crippen LogP contribution in [0.3, 0.4) is 0 Å². The summed E-state index contributed by atoms with van der Waals surface area (Å²) in [7, 11) is 0. The van der Waals surface area contributed by atoms with E-state index in [4.69, 9.17) is 4.74 Å². The van der Waals surface area contributed by atoms with E-state index in [0.717, 1.165) is 11.3 Å². The average Bonchev–Trinajstić information content (AvgIpc) is 2.58. The van der Waals surface area contributed by atoms with E-state index >= 15 is 0 Å². The number of carbonyl (C=O) groups is 2. The lowest BCUT2D eigenvalue weighted by Crippen LogP contribution is -2.26. The Morgan fingerprint density at radius 2 is 1.64 bits per heavy atom. The third kappa shape index (κ3) is 5.45. The molecular formula is C21H25NO3. The van der Waals surface area contributed by atoms with Gasteiger partial charge in [0.25, 0.3) is 0 Å². The third-order valence-electron chi connectivity index (χ3n) is 3.99. The van der Waals surface area contributed by atoms with Gasteiger partial charge in [-0.05, 0) is 36.2 Å². The fourth-order valence-corrected chi connectivity index (χ4v) is 2.16. The lowest BCUT2D eigenvalue weighted by Gasteiger charge is -2.16. The molecule has 2 aromatic rings. The number of hydrogen-bond donors (Lipinski definition) is 1. The molecule has 4 nitrogen and oxygen atoms in total. The molecule has 2 aromatic carbocycles. The molecule has 0 aliphatic carbocycles. The molecule has 4 heteroatoms. The molecule has 0 fully saturated rings. The van der Waals surface area contributed by atoms with Crippen molar-refractivity contribution >= 4 is 17.4 Å². The van der Waals surface area contributed by atoms with E-state index in [1.807, 2.05) is 30.3 Å². The fraction of sp³-hybridized carbons (Fsp3) is 0.333. The SMILES string of the molecule is Cc1ccccc1NCc1ccc(C(=O)OCC(=O)C(C)(C)C)cc1. The minimum atomic E-state index is -0.509. The zero-order chi connectivity index (χ0) is 18.4. The molecule has 0 aromatic heterocycles. The predicted octanol–water partition coefficient (Wildman–Crippen LogP) is 4.38. The van der Waals surface area contributed by atoms with Crippen molar-refractivity contribution < 1.29 is 14.3 Å². The Balaban J connectivity index is 1.90. The van der Waals surface area contributed by atoms with E-state index in [2.05, 4.69) is 18.3 Å². The van der Waals surface area contributed by atoms with Crippen molar-refractivity contribution in [2.24, 2.45) is 5.41 Å². The van der Waals surface area contributed by atoms with Crippen molar-refractivity contribution in [2.75, 3.05) is 11.9 Å². The van der Waals surface area contributed by atoms with Crippen molar-refractivity contribution in [3.8, 4) is 0 Å². The van der Waals surface area contributed by atoms with Gasteiger partial charge in [0.2, 0.25) is 0 Å². The van der Waals surface area contributed by atoms with Crippen LogP contribution in [0.4, 0.5) is 5.69 Å². The molecule has 0 unspecified atom stereocenters. The number of para-hydroxylation sites is 1. The van der Waals surface area contributed by atoms with Gasteiger partial charge in [-0.1, -0.05) is 51.1 Å². The van der Waals surface area contributed by atoms with Gasteiger partial charge >= 0.3 is 5.97 Å². The summed E-state index contributed by atoms with van der Waals surface area (Å²) in [5.41, 5.74) is 3.27. The molecule has 0 bridgehead atoms. The van der Waals surface area contributed by atoms with Crippen LogP contribution in [-0.2, 0) is 16.1 Å². The fourth-order valence-electron chi connectivity index (χ4n) is 2.16. The molecule has 0 heterocycles. The number of anilines is 1. The van der Waals surface area contributed by atoms with Gasteiger partial charge in [-0.2, -0.15) is 0 Å². The number of ether oxygens (including phenoxy) is 1. The van der Waals surface area contributed by atoms with Gasteiger partial charge < -0.3 is 10.1 Å². The first-order valence-electron chi connectivity index (χ1n) is 8.36. The second-order valence-corrected chi connectivity index (χ2v) is 7.11. The number of nitrogens with one attached hydrogen (secondary N) is 1. The monoisotopic (exact) mass is 339 g/mol. The lowest BCUT2D eigenvalue weighted by molar-refractivity contribution is -0.129. The number of esters is 1. The molecule has 0 aliphatic heterocycles. The van der Waals surface area contributed by atoms with E-state index in [1.165, 1.54) is 5.56 Å². The standard InChI is InChI=1S/C21H25NO3/c1-15-7-5-6-8-18(15)22-13-16-9-11-17(12-10-16)20(24)25-14-19(23)21(2,3)4/h5-12,22H,13-14H2,1-4H3. The minimum absolute atomic E-state index is 0.0973. The first-order valence-corrected chi connectivity index (χ1v) is 8.36. The summed E-state index contributed by atoms with van der Waals surface area (Å²) < 4.78 is 5.10. The Morgan fingerprint density at radius 1 is 1.00 bits per heavy atom. The number of rotatable bonds is 6. The van der Waals surface area contributed by atoms with Crippen LogP contribution in [0.5, 0.6) is 0 Å². The summed E-state index contributed by atoms with van der Waals surface area (Å²) >= 11 is 0. The second-order valence-electron chi connectivity index (χ2n) is 7.11. The molecule has 0 radical (unpaired) electrons. The van der Waals surface area contributed by atoms with Crippen LogP contribution < -0.4 is 5.32 Å². The van der Waals surface area contributed by atoms with Crippen molar-refractivity contribution in [1.82, 2.24) is 0 Å². The number of benzene rings is 2. The molecule has 0 spiro atoms. The molecule has 0 amide bonds. The number of carbonyl (C=O) groups excluding carboxylic acids is 2. The number of hydrogen-bond acceptors (Lipinski definition) is 4. The van der Waals surface area contributed by atoms with E-state index in [1.54, 1.807) is 32.9 Å². The van der Waals surface area contributed by atoms with Crippen molar-refractivity contribution in [3.63, 3.8) is 0 Å². The topological polar surface area (TPSA) is 55.4 Å². The molecule has 0 saturated carbocycles. The predicted molar refractivity (Wildman–Crippen MR) is 99.7 cm³/mol. The van der Waals surface area contributed by atoms with Crippen LogP contribution in [0.25, 0.3) is 0 Å². The first-order chi connectivity index (χ1) is 11.8. The molecule has 2 rings (SSSR count). The summed E-state index contributed by atoms with van der Waals surface area (Å²) in [6.45, 7) is 7.94. The highest BCUT2D eigenvalue weighted by Gasteiger charge is 2.22. The highest BCUT2D eigenvalue weighted by Crippen LogP contribution is 2.16. The number of Topliss-reactive ketones (excluding diaryl/α,β-unsaturated/α-hetero) is 1. The largest absolute Gasteiger partial charge is 0.454 e. The Morgan fingerprint density at radius 3 is 2.24 bits per heavy atom. The van der Waals surface area contributed by atoms with Gasteiger partial charge in [-0.3, -0.25) is 4.79 Å². The smallest absolute Gasteiger partial charge is 0.338 e. The van der Waals surface area contributed by atoms with Gasteiger partial charge in [-0.15, -0.1) is 0 Å². The highest BCUT2D eigenvalue weighted by atomic mass is 16.5. The maximum absolute atomic E-state index is 12.0. The molecule has 25 heavy (non-hydrogen) atoms. The van der Waals surface area contributed by atoms with E-state index in [9.17, 15) is 9.59 Å². The highest BCUT2D eigenvalue weighted by molar-refractivity contribution is 5.92. The zero-order valence-corrected chi connectivity index (χ0v) is 15.3. The summed E-state index contributed by atoms with van der Waals surface area (Å²) in [6, 6.07) is 15.3. The van der Waals surface area contributed by atoms with Crippen LogP contribution in [0.2, 0.25) is 0 Å². The Labute approximate surface area is 149 Å². The zero-order valence-electron chi connectivity index (χ0n) is 15.3. The maximum atomic E-state index is 12.0. The van der Waals surface area contributed by atoms with Crippen LogP contribution in [0.15, 0.2) is 48.5 Å². The molecule has 132 valence electrons. The van der Waals surface area contributed by atoms with Gasteiger partial charge in [-0.25, -0.2) is 4.79 Å². The summed E-state index contributed by atoms with van der Waals surface area (Å²) in [5, 5.41) is 3.37. The Hall–Kier alpha value is -2.62. The first kappa shape index (κ1) is 18.7. The number of ketones is 1. The molecule has 0 atom stereocenters. The molecule has 1 N–H and O–H groups in total. The normalized spacial score (nSPS) is 11.0. The molecule has 0 aliphatic rings. The van der Waals surface area contributed by atoms with Gasteiger partial charge in [0, 0.05) is 17.6 Å². The average molecular weight is 339 g/mol. The van der Waals surface area contributed by atoms with Gasteiger partial charge in [0.15, 0.2) is 12.4 Å². The summed E-state index contributed by atoms with van der Waals surface area (Å²) in [5.74, 6) is -0.573. The van der Waals surface area contributed by atoms with Crippen molar-refractivity contribution in [3.05, 3.63) is 65.2 Å². The number of aryl methyl sites for hydroxylation is 1. The van der Waals surface area contributed by atoms with Crippen molar-refractivity contribution in [1.29, 1.82) is 0 Å².